The zero-order valence-electron chi connectivity index (χ0n) is 11.4. The van der Waals surface area contributed by atoms with E-state index in [4.69, 9.17) is 4.42 Å². The number of rotatable bonds is 6. The highest BCUT2D eigenvalue weighted by atomic mass is 19.1. The third-order valence-electron chi connectivity index (χ3n) is 3.31. The lowest BCUT2D eigenvalue weighted by molar-refractivity contribution is 0.423. The predicted octanol–water partition coefficient (Wildman–Crippen LogP) is 4.09. The van der Waals surface area contributed by atoms with Crippen LogP contribution in [0, 0.1) is 5.82 Å². The molecule has 2 nitrogen and oxygen atoms in total. The van der Waals surface area contributed by atoms with Crippen LogP contribution in [0.25, 0.3) is 0 Å². The number of halogens is 1. The minimum atomic E-state index is -0.152. The van der Waals surface area contributed by atoms with Crippen LogP contribution in [0.2, 0.25) is 0 Å². The largest absolute Gasteiger partial charge is 0.469 e. The highest BCUT2D eigenvalue weighted by Crippen LogP contribution is 2.17. The third kappa shape index (κ3) is 3.93. The number of nitrogens with one attached hydrogen (secondary N) is 1. The molecule has 1 aromatic carbocycles. The molecule has 1 N–H and O–H groups in total. The molecule has 19 heavy (non-hydrogen) atoms. The van der Waals surface area contributed by atoms with Crippen molar-refractivity contribution in [3.63, 3.8) is 0 Å². The molecule has 1 aromatic heterocycles. The Kier molecular flexibility index (Phi) is 4.74. The fourth-order valence-electron chi connectivity index (χ4n) is 2.24. The Morgan fingerprint density at radius 1 is 1.16 bits per heavy atom. The Balaban J connectivity index is 1.85. The van der Waals surface area contributed by atoms with Crippen molar-refractivity contribution in [2.75, 3.05) is 0 Å². The molecule has 0 aliphatic carbocycles. The van der Waals surface area contributed by atoms with Gasteiger partial charge in [0.05, 0.1) is 6.26 Å². The maximum Gasteiger partial charge on any atom is 0.127 e. The monoisotopic (exact) mass is 261 g/mol. The minimum absolute atomic E-state index is 0.00722. The highest BCUT2D eigenvalue weighted by molar-refractivity contribution is 5.20. The van der Waals surface area contributed by atoms with E-state index in [1.54, 1.807) is 12.3 Å². The van der Waals surface area contributed by atoms with E-state index < -0.39 is 0 Å². The normalized spacial score (nSPS) is 14.3. The van der Waals surface area contributed by atoms with Gasteiger partial charge in [-0.3, -0.25) is 0 Å². The van der Waals surface area contributed by atoms with Gasteiger partial charge < -0.3 is 9.73 Å². The summed E-state index contributed by atoms with van der Waals surface area (Å²) in [6.45, 7) is 4.10. The first-order chi connectivity index (χ1) is 9.16. The maximum atomic E-state index is 13.6. The summed E-state index contributed by atoms with van der Waals surface area (Å²) in [6.07, 6.45) is 3.55. The molecule has 0 spiro atoms. The summed E-state index contributed by atoms with van der Waals surface area (Å²) < 4.78 is 18.9. The van der Waals surface area contributed by atoms with Crippen LogP contribution < -0.4 is 5.32 Å². The van der Waals surface area contributed by atoms with Crippen molar-refractivity contribution >= 4 is 0 Å². The van der Waals surface area contributed by atoms with Crippen LogP contribution in [0.5, 0.6) is 0 Å². The van der Waals surface area contributed by atoms with Crippen molar-refractivity contribution < 1.29 is 8.81 Å². The molecular formula is C16H20FNO. The van der Waals surface area contributed by atoms with Gasteiger partial charge in [-0.25, -0.2) is 4.39 Å². The van der Waals surface area contributed by atoms with Gasteiger partial charge >= 0.3 is 0 Å². The summed E-state index contributed by atoms with van der Waals surface area (Å²) in [7, 11) is 0. The SMILES string of the molecule is CC(CCc1ccco1)N[C@H](C)c1ccccc1F. The van der Waals surface area contributed by atoms with Crippen molar-refractivity contribution in [2.45, 2.75) is 38.8 Å². The van der Waals surface area contributed by atoms with Crippen molar-refractivity contribution in [3.8, 4) is 0 Å². The van der Waals surface area contributed by atoms with E-state index >= 15 is 0 Å². The summed E-state index contributed by atoms with van der Waals surface area (Å²) in [5.41, 5.74) is 0.715. The van der Waals surface area contributed by atoms with E-state index in [0.29, 0.717) is 11.6 Å². The number of hydrogen-bond acceptors (Lipinski definition) is 2. The molecule has 0 bridgehead atoms. The van der Waals surface area contributed by atoms with Crippen molar-refractivity contribution in [1.29, 1.82) is 0 Å². The van der Waals surface area contributed by atoms with E-state index in [1.807, 2.05) is 31.2 Å². The topological polar surface area (TPSA) is 25.2 Å². The Labute approximate surface area is 113 Å². The van der Waals surface area contributed by atoms with Gasteiger partial charge in [-0.2, -0.15) is 0 Å². The van der Waals surface area contributed by atoms with E-state index in [-0.39, 0.29) is 11.9 Å². The second-order valence-electron chi connectivity index (χ2n) is 4.93. The first-order valence-corrected chi connectivity index (χ1v) is 6.69. The molecule has 0 amide bonds. The van der Waals surface area contributed by atoms with E-state index in [1.165, 1.54) is 6.07 Å². The number of hydrogen-bond donors (Lipinski definition) is 1. The minimum Gasteiger partial charge on any atom is -0.469 e. The predicted molar refractivity (Wildman–Crippen MR) is 74.4 cm³/mol. The average molecular weight is 261 g/mol. The van der Waals surface area contributed by atoms with Crippen LogP contribution in [0.15, 0.2) is 47.1 Å². The first kappa shape index (κ1) is 13.8. The molecule has 0 saturated heterocycles. The second kappa shape index (κ2) is 6.53. The number of aryl methyl sites for hydroxylation is 1. The van der Waals surface area contributed by atoms with Crippen LogP contribution in [-0.4, -0.2) is 6.04 Å². The molecule has 3 heteroatoms. The number of benzene rings is 1. The van der Waals surface area contributed by atoms with Crippen LogP contribution in [0.1, 0.15) is 37.6 Å². The van der Waals surface area contributed by atoms with Gasteiger partial charge in [0.2, 0.25) is 0 Å². The lowest BCUT2D eigenvalue weighted by atomic mass is 10.1. The third-order valence-corrected chi connectivity index (χ3v) is 3.31. The van der Waals surface area contributed by atoms with Crippen molar-refractivity contribution in [2.24, 2.45) is 0 Å². The standard InChI is InChI=1S/C16H20FNO/c1-12(9-10-14-6-5-11-19-14)18-13(2)15-7-3-4-8-16(15)17/h3-8,11-13,18H,9-10H2,1-2H3/t12?,13-/m1/s1. The lowest BCUT2D eigenvalue weighted by Crippen LogP contribution is -2.29. The number of furan rings is 1. The van der Waals surface area contributed by atoms with Gasteiger partial charge in [-0.15, -0.1) is 0 Å². The van der Waals surface area contributed by atoms with Gasteiger partial charge in [-0.1, -0.05) is 18.2 Å². The van der Waals surface area contributed by atoms with Gasteiger partial charge in [0.15, 0.2) is 0 Å². The molecule has 2 atom stereocenters. The molecule has 0 saturated carbocycles. The lowest BCUT2D eigenvalue weighted by Gasteiger charge is -2.20. The molecule has 2 rings (SSSR count). The summed E-state index contributed by atoms with van der Waals surface area (Å²) in [4.78, 5) is 0. The highest BCUT2D eigenvalue weighted by Gasteiger charge is 2.13. The summed E-state index contributed by atoms with van der Waals surface area (Å²) in [5, 5.41) is 3.42. The molecule has 0 radical (unpaired) electrons. The average Bonchev–Trinajstić information content (AvgIpc) is 2.90. The van der Waals surface area contributed by atoms with Crippen molar-refractivity contribution in [1.82, 2.24) is 5.32 Å². The van der Waals surface area contributed by atoms with Crippen molar-refractivity contribution in [3.05, 3.63) is 59.8 Å². The summed E-state index contributed by atoms with van der Waals surface area (Å²) in [5.74, 6) is 0.841. The maximum absolute atomic E-state index is 13.6. The van der Waals surface area contributed by atoms with Crippen LogP contribution in [-0.2, 0) is 6.42 Å². The molecule has 0 aliphatic rings. The van der Waals surface area contributed by atoms with E-state index in [2.05, 4.69) is 12.2 Å². The zero-order valence-corrected chi connectivity index (χ0v) is 11.4. The Morgan fingerprint density at radius 3 is 2.63 bits per heavy atom. The Morgan fingerprint density at radius 2 is 1.95 bits per heavy atom. The Hall–Kier alpha value is -1.61. The quantitative estimate of drug-likeness (QED) is 0.847. The fourth-order valence-corrected chi connectivity index (χ4v) is 2.24. The molecule has 2 aromatic rings. The van der Waals surface area contributed by atoms with Crippen LogP contribution >= 0.6 is 0 Å². The molecule has 1 unspecified atom stereocenters. The van der Waals surface area contributed by atoms with Gasteiger partial charge in [0.25, 0.3) is 0 Å². The van der Waals surface area contributed by atoms with Gasteiger partial charge in [-0.05, 0) is 38.5 Å². The van der Waals surface area contributed by atoms with E-state index in [0.717, 1.165) is 18.6 Å². The van der Waals surface area contributed by atoms with Crippen LogP contribution in [0.3, 0.4) is 0 Å². The molecule has 1 heterocycles. The zero-order chi connectivity index (χ0) is 13.7. The molecular weight excluding hydrogens is 241 g/mol. The second-order valence-corrected chi connectivity index (χ2v) is 4.93. The van der Waals surface area contributed by atoms with Crippen LogP contribution in [0.4, 0.5) is 4.39 Å². The van der Waals surface area contributed by atoms with E-state index in [9.17, 15) is 4.39 Å². The molecule has 0 aliphatic heterocycles. The molecule has 102 valence electrons. The fraction of sp³-hybridized carbons (Fsp3) is 0.375. The first-order valence-electron chi connectivity index (χ1n) is 6.69. The summed E-state index contributed by atoms with van der Waals surface area (Å²) in [6, 6.07) is 11.1. The van der Waals surface area contributed by atoms with Gasteiger partial charge in [0.1, 0.15) is 11.6 Å². The Bertz CT molecular complexity index is 495. The van der Waals surface area contributed by atoms with Gasteiger partial charge in [0, 0.05) is 24.1 Å². The molecule has 0 fully saturated rings. The smallest absolute Gasteiger partial charge is 0.127 e. The summed E-state index contributed by atoms with van der Waals surface area (Å²) >= 11 is 0.